The number of hydrogen-bond donors (Lipinski definition) is 0. The molecule has 0 aliphatic carbocycles. The number of para-hydroxylation sites is 4. The molecule has 0 aliphatic heterocycles. The zero-order valence-corrected chi connectivity index (χ0v) is 27.6. The van der Waals surface area contributed by atoms with Crippen LogP contribution in [-0.2, 0) is 0 Å². The van der Waals surface area contributed by atoms with E-state index >= 15 is 0 Å². The van der Waals surface area contributed by atoms with Gasteiger partial charge in [-0.25, -0.2) is 4.98 Å². The Balaban J connectivity index is 1.18. The van der Waals surface area contributed by atoms with Gasteiger partial charge in [0.25, 0.3) is 0 Å². The van der Waals surface area contributed by atoms with Crippen molar-refractivity contribution in [1.29, 1.82) is 0 Å². The average Bonchev–Trinajstić information content (AvgIpc) is 3.97. The van der Waals surface area contributed by atoms with E-state index in [1.165, 1.54) is 0 Å². The third-order valence-electron chi connectivity index (χ3n) is 10.6. The quantitative estimate of drug-likeness (QED) is 0.188. The maximum Gasteiger partial charge on any atom is 0.227 e. The van der Waals surface area contributed by atoms with Crippen molar-refractivity contribution in [2.45, 2.75) is 0 Å². The SMILES string of the molecule is c1ccc(-c2nc3c(-c4c5ccccc5cc5c4oc4c(-n6c7ccccc7c7c8oc9ccccc9c8ccc76)cccc45)cccc3o2)cc1. The summed E-state index contributed by atoms with van der Waals surface area (Å²) in [4.78, 5) is 5.07. The minimum absolute atomic E-state index is 0.594. The van der Waals surface area contributed by atoms with Crippen LogP contribution in [0.15, 0.2) is 171 Å². The topological polar surface area (TPSA) is 57.2 Å². The fourth-order valence-electron chi connectivity index (χ4n) is 8.37. The summed E-state index contributed by atoms with van der Waals surface area (Å²) < 4.78 is 22.4. The normalized spacial score (nSPS) is 12.2. The Morgan fingerprint density at radius 2 is 1.17 bits per heavy atom. The fourth-order valence-corrected chi connectivity index (χ4v) is 8.37. The molecular formula is C47H26N2O3. The van der Waals surface area contributed by atoms with Crippen LogP contribution >= 0.6 is 0 Å². The van der Waals surface area contributed by atoms with Gasteiger partial charge >= 0.3 is 0 Å². The number of aromatic nitrogens is 2. The van der Waals surface area contributed by atoms with Crippen LogP contribution in [-0.4, -0.2) is 9.55 Å². The first-order valence-corrected chi connectivity index (χ1v) is 17.5. The number of benzene rings is 8. The van der Waals surface area contributed by atoms with Crippen molar-refractivity contribution in [2.24, 2.45) is 0 Å². The number of hydrogen-bond acceptors (Lipinski definition) is 4. The molecule has 52 heavy (non-hydrogen) atoms. The van der Waals surface area contributed by atoms with E-state index in [1.54, 1.807) is 0 Å². The van der Waals surface area contributed by atoms with Gasteiger partial charge in [0.2, 0.25) is 5.89 Å². The summed E-state index contributed by atoms with van der Waals surface area (Å²) in [6.07, 6.45) is 0. The molecular weight excluding hydrogens is 641 g/mol. The predicted molar refractivity (Wildman–Crippen MR) is 211 cm³/mol. The van der Waals surface area contributed by atoms with Crippen molar-refractivity contribution < 1.29 is 13.3 Å². The molecule has 0 atom stereocenters. The van der Waals surface area contributed by atoms with Crippen molar-refractivity contribution in [3.8, 4) is 28.3 Å². The smallest absolute Gasteiger partial charge is 0.227 e. The van der Waals surface area contributed by atoms with E-state index in [0.29, 0.717) is 5.89 Å². The molecule has 242 valence electrons. The Kier molecular flexibility index (Phi) is 5.44. The van der Waals surface area contributed by atoms with Gasteiger partial charge in [-0.05, 0) is 65.4 Å². The van der Waals surface area contributed by atoms with Gasteiger partial charge < -0.3 is 17.8 Å². The molecule has 4 aromatic heterocycles. The number of fused-ring (bicyclic) bond motifs is 12. The summed E-state index contributed by atoms with van der Waals surface area (Å²) in [5, 5.41) is 8.78. The first-order valence-electron chi connectivity index (χ1n) is 17.5. The third-order valence-corrected chi connectivity index (χ3v) is 10.6. The Bertz CT molecular complexity index is 3410. The van der Waals surface area contributed by atoms with Crippen molar-refractivity contribution in [2.75, 3.05) is 0 Å². The van der Waals surface area contributed by atoms with Crippen LogP contribution in [0.1, 0.15) is 0 Å². The van der Waals surface area contributed by atoms with Gasteiger partial charge in [0.15, 0.2) is 11.2 Å². The Labute approximate surface area is 295 Å². The molecule has 0 radical (unpaired) electrons. The first-order chi connectivity index (χ1) is 25.8. The number of furan rings is 2. The fraction of sp³-hybridized carbons (Fsp3) is 0. The molecule has 4 heterocycles. The molecule has 8 aromatic carbocycles. The summed E-state index contributed by atoms with van der Waals surface area (Å²) in [6, 6.07) is 54.6. The highest BCUT2D eigenvalue weighted by molar-refractivity contribution is 6.25. The zero-order chi connectivity index (χ0) is 33.9. The second kappa shape index (κ2) is 10.2. The summed E-state index contributed by atoms with van der Waals surface area (Å²) in [7, 11) is 0. The molecule has 0 saturated carbocycles. The van der Waals surface area contributed by atoms with Crippen LogP contribution in [0, 0.1) is 0 Å². The van der Waals surface area contributed by atoms with Crippen LogP contribution in [0.25, 0.3) is 116 Å². The molecule has 5 heteroatoms. The summed E-state index contributed by atoms with van der Waals surface area (Å²) >= 11 is 0. The van der Waals surface area contributed by atoms with E-state index < -0.39 is 0 Å². The van der Waals surface area contributed by atoms with E-state index in [1.807, 2.05) is 54.6 Å². The van der Waals surface area contributed by atoms with Crippen LogP contribution in [0.4, 0.5) is 0 Å². The zero-order valence-electron chi connectivity index (χ0n) is 27.6. The van der Waals surface area contributed by atoms with E-state index in [4.69, 9.17) is 18.2 Å². The van der Waals surface area contributed by atoms with Gasteiger partial charge in [-0.2, -0.15) is 0 Å². The molecule has 0 amide bonds. The lowest BCUT2D eigenvalue weighted by Gasteiger charge is -2.09. The van der Waals surface area contributed by atoms with Crippen molar-refractivity contribution >= 4 is 87.6 Å². The van der Waals surface area contributed by atoms with E-state index in [0.717, 1.165) is 110 Å². The van der Waals surface area contributed by atoms with Crippen molar-refractivity contribution in [1.82, 2.24) is 9.55 Å². The Morgan fingerprint density at radius 3 is 2.10 bits per heavy atom. The van der Waals surface area contributed by atoms with Crippen LogP contribution in [0.3, 0.4) is 0 Å². The molecule has 5 nitrogen and oxygen atoms in total. The predicted octanol–water partition coefficient (Wildman–Crippen LogP) is 13.2. The molecule has 0 aliphatic rings. The molecule has 0 bridgehead atoms. The standard InChI is InChI=1S/C47H26N2O3/c1-2-12-27(13-3-1)47-48-43-34(19-11-23-40(43)51-47)41-29-15-5-4-14-28(29)26-35-31-18-10-21-38(44(31)52-46(35)41)49-36-20-8-6-17-33(36)42-37(49)25-24-32-30-16-7-9-22-39(30)50-45(32)42/h1-26H. The summed E-state index contributed by atoms with van der Waals surface area (Å²) in [5.74, 6) is 0.594. The molecule has 0 N–H and O–H groups in total. The molecule has 12 aromatic rings. The highest BCUT2D eigenvalue weighted by Gasteiger charge is 2.24. The Morgan fingerprint density at radius 1 is 0.442 bits per heavy atom. The maximum atomic E-state index is 7.17. The lowest BCUT2D eigenvalue weighted by atomic mass is 9.94. The minimum atomic E-state index is 0.594. The second-order valence-electron chi connectivity index (χ2n) is 13.4. The maximum absolute atomic E-state index is 7.17. The van der Waals surface area contributed by atoms with Gasteiger partial charge in [-0.1, -0.05) is 103 Å². The van der Waals surface area contributed by atoms with Crippen molar-refractivity contribution in [3.05, 3.63) is 158 Å². The lowest BCUT2D eigenvalue weighted by molar-refractivity contribution is 0.620. The molecule has 0 spiro atoms. The van der Waals surface area contributed by atoms with E-state index in [2.05, 4.69) is 108 Å². The van der Waals surface area contributed by atoms with Gasteiger partial charge in [-0.15, -0.1) is 0 Å². The number of nitrogens with zero attached hydrogens (tertiary/aromatic N) is 2. The Hall–Kier alpha value is -7.11. The van der Waals surface area contributed by atoms with Crippen LogP contribution in [0.5, 0.6) is 0 Å². The molecule has 0 saturated heterocycles. The van der Waals surface area contributed by atoms with Gasteiger partial charge in [-0.3, -0.25) is 0 Å². The van der Waals surface area contributed by atoms with E-state index in [9.17, 15) is 0 Å². The second-order valence-corrected chi connectivity index (χ2v) is 13.4. The molecule has 12 rings (SSSR count). The lowest BCUT2D eigenvalue weighted by Crippen LogP contribution is -1.94. The largest absolute Gasteiger partial charge is 0.455 e. The highest BCUT2D eigenvalue weighted by Crippen LogP contribution is 2.46. The minimum Gasteiger partial charge on any atom is -0.455 e. The first kappa shape index (κ1) is 27.7. The van der Waals surface area contributed by atoms with E-state index in [-0.39, 0.29) is 0 Å². The molecule has 0 fully saturated rings. The van der Waals surface area contributed by atoms with Crippen molar-refractivity contribution in [3.63, 3.8) is 0 Å². The van der Waals surface area contributed by atoms with Crippen LogP contribution < -0.4 is 0 Å². The number of oxazole rings is 1. The number of rotatable bonds is 3. The van der Waals surface area contributed by atoms with Crippen LogP contribution in [0.2, 0.25) is 0 Å². The average molecular weight is 667 g/mol. The third kappa shape index (κ3) is 3.69. The summed E-state index contributed by atoms with van der Waals surface area (Å²) in [6.45, 7) is 0. The monoisotopic (exact) mass is 666 g/mol. The van der Waals surface area contributed by atoms with Gasteiger partial charge in [0.05, 0.1) is 22.1 Å². The highest BCUT2D eigenvalue weighted by atomic mass is 16.3. The van der Waals surface area contributed by atoms with Gasteiger partial charge in [0.1, 0.15) is 22.3 Å². The molecule has 0 unspecified atom stereocenters. The summed E-state index contributed by atoms with van der Waals surface area (Å²) in [5.41, 5.74) is 11.0. The van der Waals surface area contributed by atoms with Gasteiger partial charge in [0, 0.05) is 43.6 Å².